The minimum atomic E-state index is -1.36. The summed E-state index contributed by atoms with van der Waals surface area (Å²) in [6, 6.07) is 4.19. The summed E-state index contributed by atoms with van der Waals surface area (Å²) in [4.78, 5) is 10.4. The van der Waals surface area contributed by atoms with Crippen LogP contribution in [0.1, 0.15) is 19.1 Å². The Morgan fingerprint density at radius 2 is 1.65 bits per heavy atom. The van der Waals surface area contributed by atoms with Crippen molar-refractivity contribution in [3.63, 3.8) is 0 Å². The topological polar surface area (TPSA) is 170 Å². The number of hydrogen-bond acceptors (Lipinski definition) is 5. The number of aliphatic hydroxyl groups excluding tert-OH is 1. The third-order valence-electron chi connectivity index (χ3n) is 1.86. The highest BCUT2D eigenvalue weighted by atomic mass is 16.4. The van der Waals surface area contributed by atoms with E-state index in [1.165, 1.54) is 24.3 Å². The summed E-state index contributed by atoms with van der Waals surface area (Å²) in [6.45, 7) is 0. The van der Waals surface area contributed by atoms with E-state index in [4.69, 9.17) is 15.9 Å². The second-order valence-corrected chi connectivity index (χ2v) is 2.90. The van der Waals surface area contributed by atoms with E-state index in [9.17, 15) is 9.90 Å². The van der Waals surface area contributed by atoms with Crippen molar-refractivity contribution in [2.45, 2.75) is 19.6 Å². The Hall–Kier alpha value is -1.67. The number of carboxylic acid groups (broad SMARTS) is 1. The number of aliphatic hydroxyl groups is 1. The second kappa shape index (κ2) is 8.48. The van der Waals surface area contributed by atoms with Gasteiger partial charge in [0.2, 0.25) is 0 Å². The van der Waals surface area contributed by atoms with Crippen molar-refractivity contribution in [2.75, 3.05) is 0 Å². The van der Waals surface area contributed by atoms with E-state index in [-0.39, 0.29) is 24.8 Å². The molecule has 1 aromatic carbocycles. The fourth-order valence-corrected chi connectivity index (χ4v) is 1.01. The fourth-order valence-electron chi connectivity index (χ4n) is 1.01. The van der Waals surface area contributed by atoms with Crippen molar-refractivity contribution in [1.29, 1.82) is 0 Å². The van der Waals surface area contributed by atoms with E-state index in [0.717, 1.165) is 0 Å². The summed E-state index contributed by atoms with van der Waals surface area (Å²) >= 11 is 0. The predicted octanol–water partition coefficient (Wildman–Crippen LogP) is -0.189. The number of nitrogens with two attached hydrogens (primary N) is 1. The van der Waals surface area contributed by atoms with Crippen molar-refractivity contribution in [3.8, 4) is 5.75 Å². The Balaban J connectivity index is -0.000000653. The molecule has 0 aliphatic rings. The Morgan fingerprint density at radius 1 is 1.24 bits per heavy atom. The highest BCUT2D eigenvalue weighted by Gasteiger charge is 2.23. The molecule has 0 radical (unpaired) electrons. The maximum atomic E-state index is 10.4. The lowest BCUT2D eigenvalue weighted by atomic mass is 10.0. The lowest BCUT2D eigenvalue weighted by molar-refractivity contribution is -0.141. The lowest BCUT2D eigenvalue weighted by Gasteiger charge is -2.14. The fraction of sp³-hybridized carbons (Fsp3) is 0.300. The molecular weight excluding hydrogens is 228 g/mol. The van der Waals surface area contributed by atoms with Gasteiger partial charge in [-0.05, 0) is 17.7 Å². The first-order valence-corrected chi connectivity index (χ1v) is 3.97. The maximum Gasteiger partial charge on any atom is 0.323 e. The Labute approximate surface area is 99.4 Å². The SMILES string of the molecule is C.N.N[C@H](C(=O)O)C(O)c1ccc(O)cc1.O. The summed E-state index contributed by atoms with van der Waals surface area (Å²) in [5.41, 5.74) is 5.58. The molecule has 0 bridgehead atoms. The van der Waals surface area contributed by atoms with Gasteiger partial charge >= 0.3 is 5.97 Å². The Bertz CT molecular complexity index is 328. The first-order chi connectivity index (χ1) is 6.52. The number of hydrogen-bond donors (Lipinski definition) is 5. The van der Waals surface area contributed by atoms with Gasteiger partial charge in [0.05, 0.1) is 0 Å². The van der Waals surface area contributed by atoms with Crippen molar-refractivity contribution >= 4 is 5.97 Å². The molecule has 1 rings (SSSR count). The van der Waals surface area contributed by atoms with Crippen LogP contribution < -0.4 is 11.9 Å². The van der Waals surface area contributed by atoms with E-state index >= 15 is 0 Å². The summed E-state index contributed by atoms with van der Waals surface area (Å²) in [5.74, 6) is -1.23. The molecule has 0 saturated heterocycles. The van der Waals surface area contributed by atoms with Crippen LogP contribution in [0.15, 0.2) is 24.3 Å². The molecule has 10 N–H and O–H groups in total. The van der Waals surface area contributed by atoms with Gasteiger partial charge in [0.15, 0.2) is 0 Å². The summed E-state index contributed by atoms with van der Waals surface area (Å²) < 4.78 is 0. The molecule has 0 amide bonds. The van der Waals surface area contributed by atoms with Crippen LogP contribution in [-0.2, 0) is 4.79 Å². The van der Waals surface area contributed by atoms with E-state index in [1.54, 1.807) is 0 Å². The van der Waals surface area contributed by atoms with Gasteiger partial charge in [0.25, 0.3) is 0 Å². The van der Waals surface area contributed by atoms with Crippen molar-refractivity contribution in [1.82, 2.24) is 6.15 Å². The molecule has 7 nitrogen and oxygen atoms in total. The second-order valence-electron chi connectivity index (χ2n) is 2.90. The van der Waals surface area contributed by atoms with Crippen LogP contribution >= 0.6 is 0 Å². The van der Waals surface area contributed by atoms with E-state index in [1.807, 2.05) is 0 Å². The van der Waals surface area contributed by atoms with Crippen LogP contribution in [0, 0.1) is 0 Å². The van der Waals surface area contributed by atoms with Crippen LogP contribution in [0.3, 0.4) is 0 Å². The third kappa shape index (κ3) is 5.27. The molecule has 0 aromatic heterocycles. The lowest BCUT2D eigenvalue weighted by Crippen LogP contribution is -2.36. The van der Waals surface area contributed by atoms with Gasteiger partial charge in [-0.1, -0.05) is 19.6 Å². The first kappa shape index (κ1) is 20.7. The minimum absolute atomic E-state index is 0. The number of phenols is 1. The van der Waals surface area contributed by atoms with Crippen LogP contribution in [0.4, 0.5) is 0 Å². The average Bonchev–Trinajstić information content (AvgIpc) is 2.16. The first-order valence-electron chi connectivity index (χ1n) is 3.97. The van der Waals surface area contributed by atoms with Gasteiger partial charge in [-0.2, -0.15) is 0 Å². The molecule has 0 spiro atoms. The molecule has 1 unspecified atom stereocenters. The van der Waals surface area contributed by atoms with Gasteiger partial charge in [-0.15, -0.1) is 0 Å². The number of phenolic OH excluding ortho intramolecular Hbond substituents is 1. The number of carbonyl (C=O) groups is 1. The highest BCUT2D eigenvalue weighted by Crippen LogP contribution is 2.18. The van der Waals surface area contributed by atoms with Crippen LogP contribution in [0.2, 0.25) is 0 Å². The predicted molar refractivity (Wildman–Crippen MR) is 64.0 cm³/mol. The molecule has 0 saturated carbocycles. The van der Waals surface area contributed by atoms with Crippen LogP contribution in [-0.4, -0.2) is 32.8 Å². The maximum absolute atomic E-state index is 10.4. The minimum Gasteiger partial charge on any atom is -0.508 e. The molecule has 0 aliphatic heterocycles. The quantitative estimate of drug-likeness (QED) is 0.496. The zero-order valence-electron chi connectivity index (χ0n) is 8.50. The number of carboxylic acids is 1. The molecule has 7 heteroatoms. The van der Waals surface area contributed by atoms with E-state index in [0.29, 0.717) is 5.56 Å². The third-order valence-corrected chi connectivity index (χ3v) is 1.86. The zero-order valence-corrected chi connectivity index (χ0v) is 8.50. The van der Waals surface area contributed by atoms with Gasteiger partial charge in [0.1, 0.15) is 17.9 Å². The molecule has 17 heavy (non-hydrogen) atoms. The molecule has 0 fully saturated rings. The monoisotopic (exact) mass is 248 g/mol. The van der Waals surface area contributed by atoms with Crippen LogP contribution in [0.5, 0.6) is 5.75 Å². The normalized spacial score (nSPS) is 12.1. The highest BCUT2D eigenvalue weighted by molar-refractivity contribution is 5.74. The average molecular weight is 248 g/mol. The molecule has 100 valence electrons. The van der Waals surface area contributed by atoms with E-state index in [2.05, 4.69) is 0 Å². The van der Waals surface area contributed by atoms with Gasteiger partial charge in [-0.3, -0.25) is 4.79 Å². The standard InChI is InChI=1S/C9H11NO4.CH4.H3N.H2O/c10-7(9(13)14)8(12)5-1-3-6(11)4-2-5;;;/h1-4,7-8,11-12H,10H2,(H,13,14);1H4;1H3;1H2/t7-,8?;;;/m0.../s1. The summed E-state index contributed by atoms with van der Waals surface area (Å²) in [6.07, 6.45) is -1.27. The number of aliphatic carboxylic acids is 1. The molecule has 2 atom stereocenters. The molecule has 0 aliphatic carbocycles. The van der Waals surface area contributed by atoms with E-state index < -0.39 is 18.1 Å². The largest absolute Gasteiger partial charge is 0.508 e. The van der Waals surface area contributed by atoms with Crippen molar-refractivity contribution in [2.24, 2.45) is 5.73 Å². The zero-order chi connectivity index (χ0) is 10.7. The smallest absolute Gasteiger partial charge is 0.323 e. The van der Waals surface area contributed by atoms with Crippen molar-refractivity contribution < 1.29 is 25.6 Å². The van der Waals surface area contributed by atoms with Gasteiger partial charge < -0.3 is 32.7 Å². The number of rotatable bonds is 3. The summed E-state index contributed by atoms with van der Waals surface area (Å²) in [5, 5.41) is 27.0. The van der Waals surface area contributed by atoms with Crippen molar-refractivity contribution in [3.05, 3.63) is 29.8 Å². The molecule has 1 aromatic rings. The number of aromatic hydroxyl groups is 1. The van der Waals surface area contributed by atoms with Gasteiger partial charge in [-0.25, -0.2) is 0 Å². The Morgan fingerprint density at radius 3 is 2.00 bits per heavy atom. The van der Waals surface area contributed by atoms with Gasteiger partial charge in [0, 0.05) is 0 Å². The molecular formula is C10H20N2O5. The number of benzene rings is 1. The van der Waals surface area contributed by atoms with Crippen LogP contribution in [0.25, 0.3) is 0 Å². The summed E-state index contributed by atoms with van der Waals surface area (Å²) in [7, 11) is 0. The molecule has 0 heterocycles. The Kier molecular flexibility index (Phi) is 10.3.